The highest BCUT2D eigenvalue weighted by Crippen LogP contribution is 2.30. The fourth-order valence-electron chi connectivity index (χ4n) is 1.59. The largest absolute Gasteiger partial charge is 0.481 e. The molecule has 2 rings (SSSR count). The molecule has 96 valence electrons. The maximum Gasteiger partial charge on any atom is 0.177 e. The van der Waals surface area contributed by atoms with Crippen molar-refractivity contribution in [3.8, 4) is 5.75 Å². The second-order valence-corrected chi connectivity index (χ2v) is 4.51. The molecule has 0 radical (unpaired) electrons. The minimum absolute atomic E-state index is 0.243. The zero-order chi connectivity index (χ0) is 13.1. The number of nitrogens with two attached hydrogens (primary N) is 1. The van der Waals surface area contributed by atoms with E-state index in [0.29, 0.717) is 23.1 Å². The molecule has 2 aromatic rings. The predicted octanol–water partition coefficient (Wildman–Crippen LogP) is 3.24. The monoisotopic (exact) mass is 266 g/mol. The van der Waals surface area contributed by atoms with E-state index in [1.807, 2.05) is 32.0 Å². The number of ether oxygens (including phenoxy) is 1. The third-order valence-corrected chi connectivity index (χ3v) is 2.88. The summed E-state index contributed by atoms with van der Waals surface area (Å²) >= 11 is 6.12. The number of aromatic nitrogens is 1. The first-order valence-corrected chi connectivity index (χ1v) is 6.06. The Bertz CT molecular complexity index is 540. The van der Waals surface area contributed by atoms with Crippen LogP contribution in [0.4, 0.5) is 0 Å². The van der Waals surface area contributed by atoms with Gasteiger partial charge < -0.3 is 15.0 Å². The Kier molecular flexibility index (Phi) is 3.89. The molecule has 0 spiro atoms. The molecular formula is C13H15ClN2O2. The molecule has 0 saturated heterocycles. The van der Waals surface area contributed by atoms with E-state index in [1.54, 1.807) is 6.07 Å². The molecule has 0 saturated carbocycles. The van der Waals surface area contributed by atoms with Gasteiger partial charge in [-0.3, -0.25) is 0 Å². The number of nitrogens with zero attached hydrogens (tertiary/aromatic N) is 1. The van der Waals surface area contributed by atoms with E-state index in [-0.39, 0.29) is 6.10 Å². The average molecular weight is 267 g/mol. The molecule has 1 heterocycles. The molecule has 1 unspecified atom stereocenters. The Morgan fingerprint density at radius 3 is 2.78 bits per heavy atom. The van der Waals surface area contributed by atoms with Crippen molar-refractivity contribution in [1.82, 2.24) is 5.16 Å². The van der Waals surface area contributed by atoms with Gasteiger partial charge >= 0.3 is 0 Å². The summed E-state index contributed by atoms with van der Waals surface area (Å²) in [5.74, 6) is 1.28. The normalized spacial score (nSPS) is 12.4. The number of aryl methyl sites for hydroxylation is 1. The zero-order valence-electron chi connectivity index (χ0n) is 10.3. The van der Waals surface area contributed by atoms with Gasteiger partial charge in [0.2, 0.25) is 0 Å². The topological polar surface area (TPSA) is 61.3 Å². The zero-order valence-corrected chi connectivity index (χ0v) is 11.1. The molecule has 0 fully saturated rings. The summed E-state index contributed by atoms with van der Waals surface area (Å²) in [4.78, 5) is 0. The second kappa shape index (κ2) is 5.42. The van der Waals surface area contributed by atoms with Gasteiger partial charge in [-0.1, -0.05) is 22.8 Å². The minimum atomic E-state index is -0.243. The van der Waals surface area contributed by atoms with E-state index in [9.17, 15) is 0 Å². The molecular weight excluding hydrogens is 252 g/mol. The van der Waals surface area contributed by atoms with Gasteiger partial charge in [-0.25, -0.2) is 0 Å². The van der Waals surface area contributed by atoms with Crippen LogP contribution >= 0.6 is 11.6 Å². The van der Waals surface area contributed by atoms with Crippen LogP contribution in [0, 0.1) is 6.92 Å². The Morgan fingerprint density at radius 1 is 1.44 bits per heavy atom. The maximum atomic E-state index is 6.12. The summed E-state index contributed by atoms with van der Waals surface area (Å²) in [7, 11) is 0. The van der Waals surface area contributed by atoms with Crippen molar-refractivity contribution in [1.29, 1.82) is 0 Å². The number of hydrogen-bond acceptors (Lipinski definition) is 4. The van der Waals surface area contributed by atoms with Crippen molar-refractivity contribution >= 4 is 11.6 Å². The summed E-state index contributed by atoms with van der Waals surface area (Å²) in [6.07, 6.45) is -0.243. The van der Waals surface area contributed by atoms with E-state index in [0.717, 1.165) is 11.3 Å². The molecule has 4 nitrogen and oxygen atoms in total. The van der Waals surface area contributed by atoms with Gasteiger partial charge in [0.05, 0.1) is 10.7 Å². The molecule has 18 heavy (non-hydrogen) atoms. The van der Waals surface area contributed by atoms with Gasteiger partial charge in [0.25, 0.3) is 0 Å². The molecule has 0 aliphatic carbocycles. The lowest BCUT2D eigenvalue weighted by atomic mass is 10.2. The van der Waals surface area contributed by atoms with Crippen molar-refractivity contribution in [2.45, 2.75) is 26.5 Å². The first kappa shape index (κ1) is 12.9. The first-order chi connectivity index (χ1) is 8.60. The highest BCUT2D eigenvalue weighted by molar-refractivity contribution is 6.32. The molecule has 1 aromatic heterocycles. The molecule has 5 heteroatoms. The van der Waals surface area contributed by atoms with Crippen LogP contribution < -0.4 is 10.5 Å². The van der Waals surface area contributed by atoms with Gasteiger partial charge in [-0.05, 0) is 31.5 Å². The fourth-order valence-corrected chi connectivity index (χ4v) is 1.84. The SMILES string of the molecule is Cc1cc(C(C)Oc2ccc(CN)cc2Cl)on1. The van der Waals surface area contributed by atoms with Crippen LogP contribution in [0.5, 0.6) is 5.75 Å². The minimum Gasteiger partial charge on any atom is -0.481 e. The quantitative estimate of drug-likeness (QED) is 0.923. The van der Waals surface area contributed by atoms with Crippen molar-refractivity contribution in [2.75, 3.05) is 0 Å². The number of hydrogen-bond donors (Lipinski definition) is 1. The second-order valence-electron chi connectivity index (χ2n) is 4.10. The van der Waals surface area contributed by atoms with Gasteiger partial charge in [-0.2, -0.15) is 0 Å². The number of halogens is 1. The average Bonchev–Trinajstić information content (AvgIpc) is 2.78. The summed E-state index contributed by atoms with van der Waals surface area (Å²) in [6.45, 7) is 4.20. The van der Waals surface area contributed by atoms with E-state index in [2.05, 4.69) is 5.16 Å². The van der Waals surface area contributed by atoms with Crippen LogP contribution in [0.1, 0.15) is 30.0 Å². The lowest BCUT2D eigenvalue weighted by Gasteiger charge is -2.13. The lowest BCUT2D eigenvalue weighted by Crippen LogP contribution is -2.03. The molecule has 0 aliphatic rings. The van der Waals surface area contributed by atoms with Gasteiger partial charge in [0.15, 0.2) is 11.9 Å². The molecule has 1 atom stereocenters. The van der Waals surface area contributed by atoms with Crippen LogP contribution in [0.15, 0.2) is 28.8 Å². The Hall–Kier alpha value is -1.52. The van der Waals surface area contributed by atoms with Gasteiger partial charge in [0.1, 0.15) is 5.75 Å². The number of benzene rings is 1. The van der Waals surface area contributed by atoms with E-state index in [4.69, 9.17) is 26.6 Å². The Balaban J connectivity index is 2.14. The van der Waals surface area contributed by atoms with Crippen LogP contribution in [0.25, 0.3) is 0 Å². The van der Waals surface area contributed by atoms with E-state index < -0.39 is 0 Å². The van der Waals surface area contributed by atoms with Crippen molar-refractivity contribution in [3.05, 3.63) is 46.3 Å². The summed E-state index contributed by atoms with van der Waals surface area (Å²) < 4.78 is 10.9. The summed E-state index contributed by atoms with van der Waals surface area (Å²) in [6, 6.07) is 7.34. The van der Waals surface area contributed by atoms with Crippen molar-refractivity contribution in [2.24, 2.45) is 5.73 Å². The van der Waals surface area contributed by atoms with E-state index in [1.165, 1.54) is 0 Å². The standard InChI is InChI=1S/C13H15ClN2O2/c1-8-5-13(18-16-8)9(2)17-12-4-3-10(7-15)6-11(12)14/h3-6,9H,7,15H2,1-2H3. The van der Waals surface area contributed by atoms with Crippen LogP contribution in [-0.4, -0.2) is 5.16 Å². The van der Waals surface area contributed by atoms with Gasteiger partial charge in [0, 0.05) is 12.6 Å². The molecule has 0 aliphatic heterocycles. The molecule has 0 bridgehead atoms. The fraction of sp³-hybridized carbons (Fsp3) is 0.308. The summed E-state index contributed by atoms with van der Waals surface area (Å²) in [5.41, 5.74) is 7.33. The van der Waals surface area contributed by atoms with Gasteiger partial charge in [-0.15, -0.1) is 0 Å². The van der Waals surface area contributed by atoms with Crippen LogP contribution in [0.3, 0.4) is 0 Å². The summed E-state index contributed by atoms with van der Waals surface area (Å²) in [5, 5.41) is 4.37. The molecule has 1 aromatic carbocycles. The third kappa shape index (κ3) is 2.83. The van der Waals surface area contributed by atoms with Crippen LogP contribution in [0.2, 0.25) is 5.02 Å². The van der Waals surface area contributed by atoms with E-state index >= 15 is 0 Å². The molecule has 0 amide bonds. The highest BCUT2D eigenvalue weighted by atomic mass is 35.5. The molecule has 2 N–H and O–H groups in total. The smallest absolute Gasteiger partial charge is 0.177 e. The third-order valence-electron chi connectivity index (χ3n) is 2.58. The lowest BCUT2D eigenvalue weighted by molar-refractivity contribution is 0.182. The predicted molar refractivity (Wildman–Crippen MR) is 69.6 cm³/mol. The van der Waals surface area contributed by atoms with Crippen LogP contribution in [-0.2, 0) is 6.54 Å². The van der Waals surface area contributed by atoms with Crippen molar-refractivity contribution < 1.29 is 9.26 Å². The highest BCUT2D eigenvalue weighted by Gasteiger charge is 2.14. The first-order valence-electron chi connectivity index (χ1n) is 5.68. The number of rotatable bonds is 4. The van der Waals surface area contributed by atoms with Crippen molar-refractivity contribution in [3.63, 3.8) is 0 Å². The Morgan fingerprint density at radius 2 is 2.22 bits per heavy atom. The Labute approximate surface area is 111 Å². The maximum absolute atomic E-state index is 6.12.